The average molecular weight is 165 g/mol. The van der Waals surface area contributed by atoms with E-state index in [1.54, 1.807) is 6.26 Å². The highest BCUT2D eigenvalue weighted by molar-refractivity contribution is 5.14. The maximum atomic E-state index is 5.41. The summed E-state index contributed by atoms with van der Waals surface area (Å²) in [5, 5.41) is 3.47. The van der Waals surface area contributed by atoms with Crippen molar-refractivity contribution in [3.63, 3.8) is 0 Å². The van der Waals surface area contributed by atoms with Crippen molar-refractivity contribution in [1.82, 2.24) is 5.32 Å². The van der Waals surface area contributed by atoms with Gasteiger partial charge in [0.25, 0.3) is 0 Å². The summed E-state index contributed by atoms with van der Waals surface area (Å²) in [4.78, 5) is 0. The van der Waals surface area contributed by atoms with E-state index in [1.165, 1.54) is 6.42 Å². The standard InChI is InChI=1S/C10H15NO/c1-10(2)8(5-6-11-10)9-4-3-7-12-9/h3-4,7-8,11H,5-6H2,1-2H3. The lowest BCUT2D eigenvalue weighted by Gasteiger charge is -2.25. The summed E-state index contributed by atoms with van der Waals surface area (Å²) in [5.41, 5.74) is 0.192. The van der Waals surface area contributed by atoms with Crippen LogP contribution >= 0.6 is 0 Å². The van der Waals surface area contributed by atoms with Crippen LogP contribution in [-0.2, 0) is 0 Å². The number of hydrogen-bond acceptors (Lipinski definition) is 2. The smallest absolute Gasteiger partial charge is 0.108 e. The molecule has 0 spiro atoms. The molecular weight excluding hydrogens is 150 g/mol. The van der Waals surface area contributed by atoms with Crippen molar-refractivity contribution in [2.45, 2.75) is 31.7 Å². The average Bonchev–Trinajstić information content (AvgIpc) is 2.55. The van der Waals surface area contributed by atoms with Crippen LogP contribution in [0.4, 0.5) is 0 Å². The SMILES string of the molecule is CC1(C)NCCC1c1ccco1. The predicted molar refractivity (Wildman–Crippen MR) is 48.1 cm³/mol. The minimum atomic E-state index is 0.192. The molecule has 1 fully saturated rings. The zero-order chi connectivity index (χ0) is 8.60. The van der Waals surface area contributed by atoms with E-state index in [0.29, 0.717) is 5.92 Å². The first-order chi connectivity index (χ1) is 5.70. The van der Waals surface area contributed by atoms with Gasteiger partial charge in [0, 0.05) is 11.5 Å². The van der Waals surface area contributed by atoms with Crippen LogP contribution in [0.15, 0.2) is 22.8 Å². The highest BCUT2D eigenvalue weighted by atomic mass is 16.3. The molecule has 0 radical (unpaired) electrons. The van der Waals surface area contributed by atoms with Gasteiger partial charge in [-0.1, -0.05) is 0 Å². The van der Waals surface area contributed by atoms with Crippen molar-refractivity contribution in [2.75, 3.05) is 6.54 Å². The second-order valence-electron chi connectivity index (χ2n) is 4.01. The maximum absolute atomic E-state index is 5.41. The zero-order valence-electron chi connectivity index (χ0n) is 7.63. The second-order valence-corrected chi connectivity index (χ2v) is 4.01. The van der Waals surface area contributed by atoms with E-state index in [2.05, 4.69) is 25.2 Å². The van der Waals surface area contributed by atoms with Crippen LogP contribution in [0, 0.1) is 0 Å². The third-order valence-electron chi connectivity index (χ3n) is 2.77. The van der Waals surface area contributed by atoms with Crippen LogP contribution in [0.1, 0.15) is 31.9 Å². The molecule has 12 heavy (non-hydrogen) atoms. The number of nitrogens with one attached hydrogen (secondary N) is 1. The van der Waals surface area contributed by atoms with E-state index in [4.69, 9.17) is 4.42 Å². The fourth-order valence-corrected chi connectivity index (χ4v) is 2.01. The fourth-order valence-electron chi connectivity index (χ4n) is 2.01. The molecule has 2 heteroatoms. The topological polar surface area (TPSA) is 25.2 Å². The van der Waals surface area contributed by atoms with Crippen LogP contribution in [0.2, 0.25) is 0 Å². The molecule has 2 nitrogen and oxygen atoms in total. The summed E-state index contributed by atoms with van der Waals surface area (Å²) in [6, 6.07) is 4.03. The number of hydrogen-bond donors (Lipinski definition) is 1. The molecule has 0 aliphatic carbocycles. The van der Waals surface area contributed by atoms with Crippen molar-refractivity contribution in [1.29, 1.82) is 0 Å². The van der Waals surface area contributed by atoms with E-state index in [0.717, 1.165) is 12.3 Å². The molecule has 1 aromatic rings. The molecule has 0 saturated carbocycles. The van der Waals surface area contributed by atoms with E-state index < -0.39 is 0 Å². The Bertz CT molecular complexity index is 251. The molecule has 66 valence electrons. The molecule has 0 bridgehead atoms. The van der Waals surface area contributed by atoms with Gasteiger partial charge in [-0.05, 0) is 38.9 Å². The molecule has 1 atom stereocenters. The molecule has 1 aliphatic rings. The molecule has 2 rings (SSSR count). The summed E-state index contributed by atoms with van der Waals surface area (Å²) < 4.78 is 5.41. The zero-order valence-corrected chi connectivity index (χ0v) is 7.63. The normalized spacial score (nSPS) is 27.7. The lowest BCUT2D eigenvalue weighted by Crippen LogP contribution is -2.36. The minimum absolute atomic E-state index is 0.192. The first kappa shape index (κ1) is 7.87. The molecular formula is C10H15NO. The quantitative estimate of drug-likeness (QED) is 0.689. The molecule has 0 amide bonds. The van der Waals surface area contributed by atoms with Crippen molar-refractivity contribution in [2.24, 2.45) is 0 Å². The van der Waals surface area contributed by atoms with Crippen LogP contribution in [0.5, 0.6) is 0 Å². The maximum Gasteiger partial charge on any atom is 0.108 e. The van der Waals surface area contributed by atoms with Crippen molar-refractivity contribution >= 4 is 0 Å². The van der Waals surface area contributed by atoms with E-state index in [-0.39, 0.29) is 5.54 Å². The van der Waals surface area contributed by atoms with E-state index >= 15 is 0 Å². The Balaban J connectivity index is 2.25. The first-order valence-electron chi connectivity index (χ1n) is 4.48. The van der Waals surface area contributed by atoms with Crippen LogP contribution < -0.4 is 5.32 Å². The Hall–Kier alpha value is -0.760. The monoisotopic (exact) mass is 165 g/mol. The van der Waals surface area contributed by atoms with Gasteiger partial charge in [-0.3, -0.25) is 0 Å². The van der Waals surface area contributed by atoms with Gasteiger partial charge < -0.3 is 9.73 Å². The molecule has 2 heterocycles. The predicted octanol–water partition coefficient (Wildman–Crippen LogP) is 2.14. The summed E-state index contributed by atoms with van der Waals surface area (Å²) in [6.07, 6.45) is 2.93. The van der Waals surface area contributed by atoms with Crippen LogP contribution in [0.25, 0.3) is 0 Å². The highest BCUT2D eigenvalue weighted by Gasteiger charge is 2.36. The van der Waals surface area contributed by atoms with Gasteiger partial charge in [-0.25, -0.2) is 0 Å². The Morgan fingerprint density at radius 2 is 2.42 bits per heavy atom. The Kier molecular flexibility index (Phi) is 1.72. The van der Waals surface area contributed by atoms with Crippen molar-refractivity contribution in [3.8, 4) is 0 Å². The Morgan fingerprint density at radius 3 is 2.92 bits per heavy atom. The van der Waals surface area contributed by atoms with Crippen molar-refractivity contribution in [3.05, 3.63) is 24.2 Å². The first-order valence-corrected chi connectivity index (χ1v) is 4.48. The molecule has 1 aromatic heterocycles. The minimum Gasteiger partial charge on any atom is -0.469 e. The van der Waals surface area contributed by atoms with Gasteiger partial charge in [0.2, 0.25) is 0 Å². The molecule has 1 saturated heterocycles. The Labute approximate surface area is 73.0 Å². The van der Waals surface area contributed by atoms with E-state index in [1.807, 2.05) is 6.07 Å². The van der Waals surface area contributed by atoms with Crippen LogP contribution in [0.3, 0.4) is 0 Å². The molecule has 0 aromatic carbocycles. The van der Waals surface area contributed by atoms with Gasteiger partial charge in [-0.15, -0.1) is 0 Å². The van der Waals surface area contributed by atoms with Gasteiger partial charge >= 0.3 is 0 Å². The fraction of sp³-hybridized carbons (Fsp3) is 0.600. The molecule has 1 aliphatic heterocycles. The number of furan rings is 1. The van der Waals surface area contributed by atoms with Crippen molar-refractivity contribution < 1.29 is 4.42 Å². The lowest BCUT2D eigenvalue weighted by molar-refractivity contribution is 0.356. The summed E-state index contributed by atoms with van der Waals surface area (Å²) in [6.45, 7) is 5.55. The summed E-state index contributed by atoms with van der Waals surface area (Å²) in [5.74, 6) is 1.65. The summed E-state index contributed by atoms with van der Waals surface area (Å²) >= 11 is 0. The van der Waals surface area contributed by atoms with Gasteiger partial charge in [0.15, 0.2) is 0 Å². The third-order valence-corrected chi connectivity index (χ3v) is 2.77. The van der Waals surface area contributed by atoms with Crippen LogP contribution in [-0.4, -0.2) is 12.1 Å². The molecule has 1 N–H and O–H groups in total. The largest absolute Gasteiger partial charge is 0.469 e. The number of rotatable bonds is 1. The summed E-state index contributed by atoms with van der Waals surface area (Å²) in [7, 11) is 0. The Morgan fingerprint density at radius 1 is 1.58 bits per heavy atom. The van der Waals surface area contributed by atoms with Gasteiger partial charge in [0.1, 0.15) is 5.76 Å². The highest BCUT2D eigenvalue weighted by Crippen LogP contribution is 2.35. The second kappa shape index (κ2) is 2.63. The van der Waals surface area contributed by atoms with Gasteiger partial charge in [0.05, 0.1) is 6.26 Å². The molecule has 1 unspecified atom stereocenters. The van der Waals surface area contributed by atoms with E-state index in [9.17, 15) is 0 Å². The third kappa shape index (κ3) is 1.16. The lowest BCUT2D eigenvalue weighted by atomic mass is 9.87. The van der Waals surface area contributed by atoms with Gasteiger partial charge in [-0.2, -0.15) is 0 Å².